The second-order valence-electron chi connectivity index (χ2n) is 4.77. The van der Waals surface area contributed by atoms with Gasteiger partial charge >= 0.3 is 5.97 Å². The Bertz CT molecular complexity index is 672. The van der Waals surface area contributed by atoms with Gasteiger partial charge in [-0.2, -0.15) is 0 Å². The highest BCUT2D eigenvalue weighted by molar-refractivity contribution is 5.87. The maximum Gasteiger partial charge on any atom is 0.335 e. The molecule has 0 saturated carbocycles. The Labute approximate surface area is 124 Å². The van der Waals surface area contributed by atoms with E-state index in [-0.39, 0.29) is 0 Å². The van der Waals surface area contributed by atoms with Gasteiger partial charge in [-0.15, -0.1) is 0 Å². The molecule has 2 aromatic carbocycles. The van der Waals surface area contributed by atoms with Crippen LogP contribution in [-0.2, 0) is 6.61 Å². The Morgan fingerprint density at radius 3 is 2.67 bits per heavy atom. The molecule has 3 heteroatoms. The molecule has 21 heavy (non-hydrogen) atoms. The first-order chi connectivity index (χ1) is 10.1. The zero-order valence-corrected chi connectivity index (χ0v) is 12.2. The van der Waals surface area contributed by atoms with Gasteiger partial charge in [0.2, 0.25) is 0 Å². The molecule has 0 heterocycles. The molecular formula is C18H18O3. The average Bonchev–Trinajstić information content (AvgIpc) is 2.47. The second-order valence-corrected chi connectivity index (χ2v) is 4.77. The van der Waals surface area contributed by atoms with Crippen LogP contribution in [0.2, 0.25) is 0 Å². The molecule has 0 radical (unpaired) electrons. The maximum atomic E-state index is 10.9. The third-order valence-corrected chi connectivity index (χ3v) is 3.24. The predicted molar refractivity (Wildman–Crippen MR) is 83.6 cm³/mol. The molecule has 0 bridgehead atoms. The van der Waals surface area contributed by atoms with E-state index in [1.165, 1.54) is 0 Å². The molecule has 0 unspecified atom stereocenters. The van der Waals surface area contributed by atoms with Crippen molar-refractivity contribution in [3.8, 4) is 5.75 Å². The van der Waals surface area contributed by atoms with Crippen LogP contribution in [0.25, 0.3) is 6.08 Å². The van der Waals surface area contributed by atoms with E-state index in [0.717, 1.165) is 22.4 Å². The number of aromatic carboxylic acids is 1. The van der Waals surface area contributed by atoms with Crippen LogP contribution in [-0.4, -0.2) is 11.1 Å². The Kier molecular flexibility index (Phi) is 4.77. The third kappa shape index (κ3) is 3.72. The molecule has 0 saturated heterocycles. The van der Waals surface area contributed by atoms with Crippen molar-refractivity contribution in [1.29, 1.82) is 0 Å². The lowest BCUT2D eigenvalue weighted by Gasteiger charge is -2.11. The summed E-state index contributed by atoms with van der Waals surface area (Å²) in [7, 11) is 0. The van der Waals surface area contributed by atoms with Crippen molar-refractivity contribution in [1.82, 2.24) is 0 Å². The molecule has 0 amide bonds. The maximum absolute atomic E-state index is 10.9. The standard InChI is InChI=1S/C18H18O3/c1-3-6-14-7-4-5-8-17(14)21-12-16-10-9-15(18(19)20)11-13(16)2/h3-11H,12H2,1-2H3,(H,19,20)/b6-3+. The number of benzene rings is 2. The minimum Gasteiger partial charge on any atom is -0.488 e. The van der Waals surface area contributed by atoms with Crippen LogP contribution >= 0.6 is 0 Å². The topological polar surface area (TPSA) is 46.5 Å². The largest absolute Gasteiger partial charge is 0.488 e. The first-order valence-corrected chi connectivity index (χ1v) is 6.79. The van der Waals surface area contributed by atoms with Crippen molar-refractivity contribution >= 4 is 12.0 Å². The number of ether oxygens (including phenoxy) is 1. The summed E-state index contributed by atoms with van der Waals surface area (Å²) in [6.07, 6.45) is 3.96. The first-order valence-electron chi connectivity index (χ1n) is 6.79. The van der Waals surface area contributed by atoms with Gasteiger partial charge in [0.1, 0.15) is 12.4 Å². The van der Waals surface area contributed by atoms with Crippen molar-refractivity contribution in [3.63, 3.8) is 0 Å². The minimum atomic E-state index is -0.913. The van der Waals surface area contributed by atoms with Crippen LogP contribution in [0.5, 0.6) is 5.75 Å². The zero-order valence-electron chi connectivity index (χ0n) is 12.2. The van der Waals surface area contributed by atoms with Crippen LogP contribution in [0.3, 0.4) is 0 Å². The summed E-state index contributed by atoms with van der Waals surface area (Å²) >= 11 is 0. The summed E-state index contributed by atoms with van der Waals surface area (Å²) in [5.74, 6) is -0.0960. The highest BCUT2D eigenvalue weighted by Crippen LogP contribution is 2.21. The lowest BCUT2D eigenvalue weighted by Crippen LogP contribution is -2.02. The van der Waals surface area contributed by atoms with E-state index < -0.39 is 5.97 Å². The van der Waals surface area contributed by atoms with Crippen molar-refractivity contribution in [2.24, 2.45) is 0 Å². The quantitative estimate of drug-likeness (QED) is 0.889. The number of aryl methyl sites for hydroxylation is 1. The van der Waals surface area contributed by atoms with Gasteiger partial charge in [-0.1, -0.05) is 36.4 Å². The normalized spacial score (nSPS) is 10.8. The minimum absolute atomic E-state index is 0.297. The summed E-state index contributed by atoms with van der Waals surface area (Å²) in [6.45, 7) is 4.27. The predicted octanol–water partition coefficient (Wildman–Crippen LogP) is 4.31. The number of hydrogen-bond donors (Lipinski definition) is 1. The Morgan fingerprint density at radius 1 is 1.24 bits per heavy atom. The molecule has 108 valence electrons. The second kappa shape index (κ2) is 6.75. The van der Waals surface area contributed by atoms with Gasteiger partial charge in [0.15, 0.2) is 0 Å². The van der Waals surface area contributed by atoms with E-state index in [0.29, 0.717) is 12.2 Å². The number of para-hydroxylation sites is 1. The summed E-state index contributed by atoms with van der Waals surface area (Å²) in [5, 5.41) is 8.96. The van der Waals surface area contributed by atoms with Crippen molar-refractivity contribution in [3.05, 3.63) is 70.8 Å². The van der Waals surface area contributed by atoms with Gasteiger partial charge < -0.3 is 9.84 Å². The van der Waals surface area contributed by atoms with Crippen LogP contribution in [0.15, 0.2) is 48.5 Å². The number of carboxylic acid groups (broad SMARTS) is 1. The van der Waals surface area contributed by atoms with Crippen LogP contribution < -0.4 is 4.74 Å². The Hall–Kier alpha value is -2.55. The summed E-state index contributed by atoms with van der Waals surface area (Å²) < 4.78 is 5.86. The summed E-state index contributed by atoms with van der Waals surface area (Å²) in [5.41, 5.74) is 3.22. The van der Waals surface area contributed by atoms with E-state index in [9.17, 15) is 4.79 Å². The molecule has 1 N–H and O–H groups in total. The van der Waals surface area contributed by atoms with Gasteiger partial charge in [-0.05, 0) is 43.2 Å². The number of allylic oxidation sites excluding steroid dienone is 1. The van der Waals surface area contributed by atoms with E-state index in [1.54, 1.807) is 18.2 Å². The van der Waals surface area contributed by atoms with Gasteiger partial charge in [0, 0.05) is 5.56 Å². The van der Waals surface area contributed by atoms with Crippen molar-refractivity contribution in [2.45, 2.75) is 20.5 Å². The fourth-order valence-electron chi connectivity index (χ4n) is 2.08. The van der Waals surface area contributed by atoms with Gasteiger partial charge in [-0.25, -0.2) is 4.79 Å². The SMILES string of the molecule is C/C=C/c1ccccc1OCc1ccc(C(=O)O)cc1C. The zero-order chi connectivity index (χ0) is 15.2. The number of carboxylic acids is 1. The number of rotatable bonds is 5. The lowest BCUT2D eigenvalue weighted by molar-refractivity contribution is 0.0696. The first kappa shape index (κ1) is 14.9. The Morgan fingerprint density at radius 2 is 2.00 bits per heavy atom. The summed E-state index contributed by atoms with van der Waals surface area (Å²) in [4.78, 5) is 10.9. The highest BCUT2D eigenvalue weighted by atomic mass is 16.5. The molecule has 3 nitrogen and oxygen atoms in total. The van der Waals surface area contributed by atoms with Crippen LogP contribution in [0.1, 0.15) is 34.0 Å². The molecule has 0 spiro atoms. The lowest BCUT2D eigenvalue weighted by atomic mass is 10.1. The van der Waals surface area contributed by atoms with Crippen LogP contribution in [0.4, 0.5) is 0 Å². The molecular weight excluding hydrogens is 264 g/mol. The molecule has 0 aliphatic rings. The molecule has 0 aliphatic carbocycles. The number of carbonyl (C=O) groups is 1. The van der Waals surface area contributed by atoms with E-state index in [1.807, 2.05) is 50.3 Å². The Balaban J connectivity index is 2.15. The molecule has 0 aliphatic heterocycles. The summed E-state index contributed by atoms with van der Waals surface area (Å²) in [6, 6.07) is 12.9. The van der Waals surface area contributed by atoms with E-state index >= 15 is 0 Å². The third-order valence-electron chi connectivity index (χ3n) is 3.24. The monoisotopic (exact) mass is 282 g/mol. The van der Waals surface area contributed by atoms with E-state index in [2.05, 4.69) is 0 Å². The average molecular weight is 282 g/mol. The number of hydrogen-bond acceptors (Lipinski definition) is 2. The van der Waals surface area contributed by atoms with Gasteiger partial charge in [0.25, 0.3) is 0 Å². The van der Waals surface area contributed by atoms with Crippen molar-refractivity contribution in [2.75, 3.05) is 0 Å². The fraction of sp³-hybridized carbons (Fsp3) is 0.167. The van der Waals surface area contributed by atoms with Crippen LogP contribution in [0, 0.1) is 6.92 Å². The smallest absolute Gasteiger partial charge is 0.335 e. The van der Waals surface area contributed by atoms with Gasteiger partial charge in [0.05, 0.1) is 5.56 Å². The highest BCUT2D eigenvalue weighted by Gasteiger charge is 2.07. The molecule has 0 aromatic heterocycles. The molecule has 2 aromatic rings. The molecule has 0 atom stereocenters. The van der Waals surface area contributed by atoms with E-state index in [4.69, 9.17) is 9.84 Å². The molecule has 2 rings (SSSR count). The fourth-order valence-corrected chi connectivity index (χ4v) is 2.08. The molecule has 0 fully saturated rings. The van der Waals surface area contributed by atoms with Crippen molar-refractivity contribution < 1.29 is 14.6 Å². The van der Waals surface area contributed by atoms with Gasteiger partial charge in [-0.3, -0.25) is 0 Å².